The van der Waals surface area contributed by atoms with E-state index in [1.54, 1.807) is 0 Å². The zero-order valence-electron chi connectivity index (χ0n) is 7.73. The first-order valence-electron chi connectivity index (χ1n) is 4.74. The fourth-order valence-electron chi connectivity index (χ4n) is 2.22. The van der Waals surface area contributed by atoms with Gasteiger partial charge in [0.25, 0.3) is 0 Å². The summed E-state index contributed by atoms with van der Waals surface area (Å²) < 4.78 is 0. The minimum Gasteiger partial charge on any atom is -0.274 e. The molecule has 3 atom stereocenters. The zero-order valence-corrected chi connectivity index (χ0v) is 7.73. The van der Waals surface area contributed by atoms with Gasteiger partial charge >= 0.3 is 0 Å². The van der Waals surface area contributed by atoms with E-state index in [1.807, 2.05) is 6.21 Å². The molecule has 2 rings (SSSR count). The van der Waals surface area contributed by atoms with Crippen LogP contribution in [-0.4, -0.2) is 12.1 Å². The molecule has 1 saturated carbocycles. The predicted molar refractivity (Wildman–Crippen MR) is 51.2 cm³/mol. The summed E-state index contributed by atoms with van der Waals surface area (Å²) in [6.07, 6.45) is 8.93. The van der Waals surface area contributed by atoms with Crippen LogP contribution in [0, 0.1) is 17.8 Å². The molecule has 0 aromatic carbocycles. The molecular weight excluding hydrogens is 164 g/mol. The van der Waals surface area contributed by atoms with Crippen molar-refractivity contribution in [2.75, 3.05) is 0 Å². The molecule has 3 nitrogen and oxygen atoms in total. The van der Waals surface area contributed by atoms with Gasteiger partial charge in [-0.15, -0.1) is 0 Å². The van der Waals surface area contributed by atoms with Crippen LogP contribution in [0.1, 0.15) is 19.8 Å². The average Bonchev–Trinajstić information content (AvgIpc) is 2.64. The van der Waals surface area contributed by atoms with Crippen LogP contribution in [0.5, 0.6) is 0 Å². The van der Waals surface area contributed by atoms with Gasteiger partial charge in [-0.1, -0.05) is 12.2 Å². The van der Waals surface area contributed by atoms with Crippen LogP contribution < -0.4 is 5.43 Å². The Morgan fingerprint density at radius 2 is 2.38 bits per heavy atom. The van der Waals surface area contributed by atoms with Gasteiger partial charge in [-0.3, -0.25) is 4.79 Å². The van der Waals surface area contributed by atoms with Crippen LogP contribution in [0.4, 0.5) is 0 Å². The van der Waals surface area contributed by atoms with Gasteiger partial charge in [0.2, 0.25) is 5.91 Å². The zero-order chi connectivity index (χ0) is 9.26. The normalized spacial score (nSPS) is 35.9. The molecule has 0 saturated heterocycles. The third kappa shape index (κ3) is 1.79. The maximum Gasteiger partial charge on any atom is 0.236 e. The standard InChI is InChI=1S/C10H14N2O/c1-7(13)12-11-6-10-5-8-2-3-9(10)4-8/h2-3,6,8-10H,4-5H2,1H3,(H,12,13). The molecule has 13 heavy (non-hydrogen) atoms. The van der Waals surface area contributed by atoms with Gasteiger partial charge in [0, 0.05) is 19.1 Å². The number of hydrogen-bond acceptors (Lipinski definition) is 2. The van der Waals surface area contributed by atoms with Gasteiger partial charge in [0.05, 0.1) is 0 Å². The second kappa shape index (κ2) is 3.32. The molecule has 1 N–H and O–H groups in total. The third-order valence-corrected chi connectivity index (χ3v) is 2.82. The second-order valence-electron chi connectivity index (χ2n) is 3.89. The lowest BCUT2D eigenvalue weighted by molar-refractivity contribution is -0.118. The summed E-state index contributed by atoms with van der Waals surface area (Å²) >= 11 is 0. The number of hydrogen-bond donors (Lipinski definition) is 1. The van der Waals surface area contributed by atoms with Crippen molar-refractivity contribution < 1.29 is 4.79 Å². The lowest BCUT2D eigenvalue weighted by atomic mass is 9.95. The van der Waals surface area contributed by atoms with Gasteiger partial charge < -0.3 is 0 Å². The minimum atomic E-state index is -0.102. The molecule has 0 spiro atoms. The Morgan fingerprint density at radius 3 is 2.92 bits per heavy atom. The maximum absolute atomic E-state index is 10.5. The fourth-order valence-corrected chi connectivity index (χ4v) is 2.22. The van der Waals surface area contributed by atoms with Crippen LogP contribution in [0.2, 0.25) is 0 Å². The van der Waals surface area contributed by atoms with E-state index in [0.29, 0.717) is 11.8 Å². The van der Waals surface area contributed by atoms with Gasteiger partial charge in [-0.25, -0.2) is 5.43 Å². The number of nitrogens with zero attached hydrogens (tertiary/aromatic N) is 1. The summed E-state index contributed by atoms with van der Waals surface area (Å²) in [4.78, 5) is 10.5. The highest BCUT2D eigenvalue weighted by Gasteiger charge is 2.34. The Labute approximate surface area is 77.9 Å². The Kier molecular flexibility index (Phi) is 2.17. The van der Waals surface area contributed by atoms with Gasteiger partial charge in [0.15, 0.2) is 0 Å². The molecule has 3 unspecified atom stereocenters. The van der Waals surface area contributed by atoms with E-state index in [0.717, 1.165) is 5.92 Å². The van der Waals surface area contributed by atoms with Crippen LogP contribution in [0.25, 0.3) is 0 Å². The van der Waals surface area contributed by atoms with E-state index in [-0.39, 0.29) is 5.91 Å². The molecule has 0 aliphatic heterocycles. The topological polar surface area (TPSA) is 41.5 Å². The molecule has 1 amide bonds. The smallest absolute Gasteiger partial charge is 0.236 e. The van der Waals surface area contributed by atoms with Crippen LogP contribution in [0.15, 0.2) is 17.3 Å². The average molecular weight is 178 g/mol. The molecule has 2 bridgehead atoms. The number of carbonyl (C=O) groups is 1. The van der Waals surface area contributed by atoms with Gasteiger partial charge in [-0.05, 0) is 24.7 Å². The predicted octanol–water partition coefficient (Wildman–Crippen LogP) is 1.32. The van der Waals surface area contributed by atoms with Crippen LogP contribution >= 0.6 is 0 Å². The number of allylic oxidation sites excluding steroid dienone is 2. The maximum atomic E-state index is 10.5. The van der Waals surface area contributed by atoms with Crippen molar-refractivity contribution in [3.63, 3.8) is 0 Å². The van der Waals surface area contributed by atoms with Crippen molar-refractivity contribution in [1.82, 2.24) is 5.43 Å². The Morgan fingerprint density at radius 1 is 1.54 bits per heavy atom. The van der Waals surface area contributed by atoms with Crippen molar-refractivity contribution in [1.29, 1.82) is 0 Å². The molecule has 2 aliphatic rings. The van der Waals surface area contributed by atoms with Crippen molar-refractivity contribution in [3.05, 3.63) is 12.2 Å². The number of carbonyl (C=O) groups excluding carboxylic acids is 1. The lowest BCUT2D eigenvalue weighted by Crippen LogP contribution is -2.15. The molecule has 2 aliphatic carbocycles. The van der Waals surface area contributed by atoms with Crippen molar-refractivity contribution in [2.24, 2.45) is 22.9 Å². The molecule has 0 aromatic heterocycles. The molecule has 0 heterocycles. The number of rotatable bonds is 2. The van der Waals surface area contributed by atoms with E-state index < -0.39 is 0 Å². The molecule has 70 valence electrons. The van der Waals surface area contributed by atoms with E-state index in [1.165, 1.54) is 19.8 Å². The second-order valence-corrected chi connectivity index (χ2v) is 3.89. The molecular formula is C10H14N2O. The highest BCUT2D eigenvalue weighted by atomic mass is 16.2. The highest BCUT2D eigenvalue weighted by Crippen LogP contribution is 2.42. The first kappa shape index (κ1) is 8.48. The van der Waals surface area contributed by atoms with E-state index in [4.69, 9.17) is 0 Å². The third-order valence-electron chi connectivity index (χ3n) is 2.82. The van der Waals surface area contributed by atoms with Crippen molar-refractivity contribution >= 4 is 12.1 Å². The summed E-state index contributed by atoms with van der Waals surface area (Å²) in [7, 11) is 0. The van der Waals surface area contributed by atoms with E-state index in [2.05, 4.69) is 22.7 Å². The summed E-state index contributed by atoms with van der Waals surface area (Å²) in [5, 5.41) is 3.91. The highest BCUT2D eigenvalue weighted by molar-refractivity contribution is 5.74. The molecule has 0 aromatic rings. The van der Waals surface area contributed by atoms with Crippen LogP contribution in [-0.2, 0) is 4.79 Å². The summed E-state index contributed by atoms with van der Waals surface area (Å²) in [5.74, 6) is 1.87. The molecule has 1 fully saturated rings. The summed E-state index contributed by atoms with van der Waals surface area (Å²) in [5.41, 5.74) is 2.44. The fraction of sp³-hybridized carbons (Fsp3) is 0.600. The first-order valence-corrected chi connectivity index (χ1v) is 4.74. The van der Waals surface area contributed by atoms with E-state index in [9.17, 15) is 4.79 Å². The SMILES string of the molecule is CC(=O)NN=CC1CC2C=CC1C2. The molecule has 3 heteroatoms. The minimum absolute atomic E-state index is 0.102. The molecule has 0 radical (unpaired) electrons. The number of nitrogens with one attached hydrogen (secondary N) is 1. The van der Waals surface area contributed by atoms with Gasteiger partial charge in [-0.2, -0.15) is 5.10 Å². The number of fused-ring (bicyclic) bond motifs is 2. The van der Waals surface area contributed by atoms with Crippen molar-refractivity contribution in [2.45, 2.75) is 19.8 Å². The quantitative estimate of drug-likeness (QED) is 0.387. The lowest BCUT2D eigenvalue weighted by Gasteiger charge is -2.11. The van der Waals surface area contributed by atoms with Crippen molar-refractivity contribution in [3.8, 4) is 0 Å². The van der Waals surface area contributed by atoms with Gasteiger partial charge in [0.1, 0.15) is 0 Å². The monoisotopic (exact) mass is 178 g/mol. The van der Waals surface area contributed by atoms with E-state index >= 15 is 0 Å². The first-order chi connectivity index (χ1) is 6.25. The Balaban J connectivity index is 1.86. The number of hydrazone groups is 1. The Hall–Kier alpha value is -1.12. The summed E-state index contributed by atoms with van der Waals surface area (Å²) in [6, 6.07) is 0. The summed E-state index contributed by atoms with van der Waals surface area (Å²) in [6.45, 7) is 1.47. The number of amides is 1. The van der Waals surface area contributed by atoms with Crippen LogP contribution in [0.3, 0.4) is 0 Å². The largest absolute Gasteiger partial charge is 0.274 e. The Bertz CT molecular complexity index is 270.